The Balaban J connectivity index is 1.95. The lowest BCUT2D eigenvalue weighted by molar-refractivity contribution is -0.138. The van der Waals surface area contributed by atoms with E-state index in [-0.39, 0.29) is 30.3 Å². The van der Waals surface area contributed by atoms with Gasteiger partial charge >= 0.3 is 6.03 Å². The third kappa shape index (κ3) is 3.36. The van der Waals surface area contributed by atoms with Gasteiger partial charge in [-0.1, -0.05) is 33.1 Å². The smallest absolute Gasteiger partial charge is 0.325 e. The summed E-state index contributed by atoms with van der Waals surface area (Å²) in [5.41, 5.74) is 0. The minimum absolute atomic E-state index is 0.0256. The number of carbonyl (C=O) groups is 3. The average Bonchev–Trinajstić information content (AvgIpc) is 2.75. The second-order valence-electron chi connectivity index (χ2n) is 6.39. The highest BCUT2D eigenvalue weighted by molar-refractivity contribution is 6.06. The first-order valence-corrected chi connectivity index (χ1v) is 7.79. The van der Waals surface area contributed by atoms with Crippen LogP contribution in [-0.4, -0.2) is 53.3 Å². The molecule has 0 aromatic heterocycles. The van der Waals surface area contributed by atoms with Gasteiger partial charge in [-0.05, 0) is 18.8 Å². The van der Waals surface area contributed by atoms with Gasteiger partial charge in [0.1, 0.15) is 12.6 Å². The number of nitrogens with one attached hydrogen (secondary N) is 1. The van der Waals surface area contributed by atoms with Gasteiger partial charge in [-0.3, -0.25) is 14.5 Å². The van der Waals surface area contributed by atoms with Gasteiger partial charge in [0.2, 0.25) is 5.91 Å². The second-order valence-corrected chi connectivity index (χ2v) is 6.39. The first-order valence-electron chi connectivity index (χ1n) is 7.79. The highest BCUT2D eigenvalue weighted by atomic mass is 16.2. The fourth-order valence-electron chi connectivity index (χ4n) is 3.06. The zero-order valence-corrected chi connectivity index (χ0v) is 13.1. The standard InChI is InChI=1S/C15H25N3O3/c1-10(2)13-14(20)18(15(21)16-13)9-12(19)17(3)11-7-5-4-6-8-11/h10-11,13H,4-9H2,1-3H3,(H,16,21). The summed E-state index contributed by atoms with van der Waals surface area (Å²) in [6, 6.07) is -0.720. The SMILES string of the molecule is CC(C)C1NC(=O)N(CC(=O)N(C)C2CCCCC2)C1=O. The molecule has 1 saturated carbocycles. The summed E-state index contributed by atoms with van der Waals surface area (Å²) in [6.07, 6.45) is 5.53. The lowest BCUT2D eigenvalue weighted by Crippen LogP contribution is -2.46. The first-order chi connectivity index (χ1) is 9.91. The van der Waals surface area contributed by atoms with Gasteiger partial charge in [-0.2, -0.15) is 0 Å². The van der Waals surface area contributed by atoms with Gasteiger partial charge in [-0.15, -0.1) is 0 Å². The molecule has 6 heteroatoms. The minimum atomic E-state index is -0.509. The number of rotatable bonds is 4. The van der Waals surface area contributed by atoms with Gasteiger partial charge in [-0.25, -0.2) is 4.79 Å². The van der Waals surface area contributed by atoms with Crippen LogP contribution in [-0.2, 0) is 9.59 Å². The molecule has 4 amide bonds. The number of carbonyl (C=O) groups excluding carboxylic acids is 3. The van der Waals surface area contributed by atoms with Crippen molar-refractivity contribution >= 4 is 17.8 Å². The van der Waals surface area contributed by atoms with Crippen molar-refractivity contribution < 1.29 is 14.4 Å². The molecule has 1 saturated heterocycles. The van der Waals surface area contributed by atoms with Gasteiger partial charge in [0, 0.05) is 13.1 Å². The quantitative estimate of drug-likeness (QED) is 0.796. The molecule has 2 rings (SSSR count). The summed E-state index contributed by atoms with van der Waals surface area (Å²) in [7, 11) is 1.77. The van der Waals surface area contributed by atoms with Crippen molar-refractivity contribution in [1.29, 1.82) is 0 Å². The molecule has 0 aromatic rings. The fourth-order valence-corrected chi connectivity index (χ4v) is 3.06. The Morgan fingerprint density at radius 1 is 1.29 bits per heavy atom. The van der Waals surface area contributed by atoms with Crippen LogP contribution in [0.1, 0.15) is 46.0 Å². The lowest BCUT2D eigenvalue weighted by atomic mass is 9.94. The maximum absolute atomic E-state index is 12.3. The molecule has 1 aliphatic heterocycles. The normalized spacial score (nSPS) is 23.6. The Hall–Kier alpha value is -1.59. The van der Waals surface area contributed by atoms with E-state index in [4.69, 9.17) is 0 Å². The molecule has 1 aliphatic carbocycles. The van der Waals surface area contributed by atoms with E-state index in [1.807, 2.05) is 13.8 Å². The minimum Gasteiger partial charge on any atom is -0.341 e. The van der Waals surface area contributed by atoms with Crippen LogP contribution in [0.5, 0.6) is 0 Å². The maximum atomic E-state index is 12.3. The van der Waals surface area contributed by atoms with E-state index in [9.17, 15) is 14.4 Å². The number of imide groups is 1. The predicted molar refractivity (Wildman–Crippen MR) is 78.5 cm³/mol. The van der Waals surface area contributed by atoms with Gasteiger partial charge < -0.3 is 10.2 Å². The molecule has 1 N–H and O–H groups in total. The molecule has 6 nitrogen and oxygen atoms in total. The van der Waals surface area contributed by atoms with Crippen LogP contribution in [0.4, 0.5) is 4.79 Å². The topological polar surface area (TPSA) is 69.7 Å². The second kappa shape index (κ2) is 6.45. The van der Waals surface area contributed by atoms with Gasteiger partial charge in [0.05, 0.1) is 0 Å². The first kappa shape index (κ1) is 15.8. The molecule has 2 aliphatic rings. The Labute approximate surface area is 125 Å². The number of amides is 4. The molecule has 0 spiro atoms. The van der Waals surface area contributed by atoms with E-state index in [1.54, 1.807) is 11.9 Å². The predicted octanol–water partition coefficient (Wildman–Crippen LogP) is 1.35. The molecular formula is C15H25N3O3. The lowest BCUT2D eigenvalue weighted by Gasteiger charge is -2.32. The fraction of sp³-hybridized carbons (Fsp3) is 0.800. The number of likely N-dealkylation sites (N-methyl/N-ethyl adjacent to an activating group) is 1. The van der Waals surface area contributed by atoms with Crippen molar-refractivity contribution in [3.63, 3.8) is 0 Å². The number of hydrogen-bond acceptors (Lipinski definition) is 3. The molecule has 2 fully saturated rings. The largest absolute Gasteiger partial charge is 0.341 e. The zero-order chi connectivity index (χ0) is 15.6. The molecule has 0 bridgehead atoms. The summed E-state index contributed by atoms with van der Waals surface area (Å²) in [4.78, 5) is 39.1. The third-order valence-corrected chi connectivity index (χ3v) is 4.53. The Bertz CT molecular complexity index is 430. The Morgan fingerprint density at radius 3 is 2.43 bits per heavy atom. The summed E-state index contributed by atoms with van der Waals surface area (Å²) in [5, 5.41) is 2.64. The number of urea groups is 1. The average molecular weight is 295 g/mol. The van der Waals surface area contributed by atoms with Crippen molar-refractivity contribution in [1.82, 2.24) is 15.1 Å². The molecule has 1 unspecified atom stereocenters. The molecule has 0 aromatic carbocycles. The van der Waals surface area contributed by atoms with E-state index in [1.165, 1.54) is 6.42 Å². The molecule has 1 heterocycles. The van der Waals surface area contributed by atoms with Crippen molar-refractivity contribution in [2.45, 2.75) is 58.0 Å². The molecule has 21 heavy (non-hydrogen) atoms. The molecule has 1 atom stereocenters. The van der Waals surface area contributed by atoms with Crippen LogP contribution in [0.25, 0.3) is 0 Å². The third-order valence-electron chi connectivity index (χ3n) is 4.53. The van der Waals surface area contributed by atoms with E-state index in [0.29, 0.717) is 0 Å². The zero-order valence-electron chi connectivity index (χ0n) is 13.1. The van der Waals surface area contributed by atoms with Crippen LogP contribution in [0.2, 0.25) is 0 Å². The summed E-state index contributed by atoms with van der Waals surface area (Å²) < 4.78 is 0. The van der Waals surface area contributed by atoms with E-state index in [2.05, 4.69) is 5.32 Å². The van der Waals surface area contributed by atoms with E-state index in [0.717, 1.165) is 30.6 Å². The highest BCUT2D eigenvalue weighted by Crippen LogP contribution is 2.22. The number of nitrogens with zero attached hydrogens (tertiary/aromatic N) is 2. The van der Waals surface area contributed by atoms with Crippen molar-refractivity contribution in [3.05, 3.63) is 0 Å². The van der Waals surface area contributed by atoms with Crippen LogP contribution < -0.4 is 5.32 Å². The number of hydrogen-bond donors (Lipinski definition) is 1. The maximum Gasteiger partial charge on any atom is 0.325 e. The van der Waals surface area contributed by atoms with E-state index < -0.39 is 12.1 Å². The van der Waals surface area contributed by atoms with Gasteiger partial charge in [0.15, 0.2) is 0 Å². The van der Waals surface area contributed by atoms with Crippen molar-refractivity contribution in [3.8, 4) is 0 Å². The van der Waals surface area contributed by atoms with Crippen LogP contribution in [0, 0.1) is 5.92 Å². The Kier molecular flexibility index (Phi) is 4.85. The molecular weight excluding hydrogens is 270 g/mol. The van der Waals surface area contributed by atoms with Gasteiger partial charge in [0.25, 0.3) is 5.91 Å². The van der Waals surface area contributed by atoms with Crippen LogP contribution in [0.15, 0.2) is 0 Å². The molecule has 0 radical (unpaired) electrons. The monoisotopic (exact) mass is 295 g/mol. The Morgan fingerprint density at radius 2 is 1.90 bits per heavy atom. The van der Waals surface area contributed by atoms with Crippen LogP contribution >= 0.6 is 0 Å². The highest BCUT2D eigenvalue weighted by Gasteiger charge is 2.41. The summed E-state index contributed by atoms with van der Waals surface area (Å²) in [6.45, 7) is 3.60. The summed E-state index contributed by atoms with van der Waals surface area (Å²) >= 11 is 0. The van der Waals surface area contributed by atoms with Crippen molar-refractivity contribution in [2.75, 3.05) is 13.6 Å². The van der Waals surface area contributed by atoms with Crippen LogP contribution in [0.3, 0.4) is 0 Å². The van der Waals surface area contributed by atoms with E-state index >= 15 is 0 Å². The molecule has 118 valence electrons. The van der Waals surface area contributed by atoms with Crippen molar-refractivity contribution in [2.24, 2.45) is 5.92 Å². The summed E-state index contributed by atoms with van der Waals surface area (Å²) in [5.74, 6) is -0.423.